The molecule has 0 saturated carbocycles. The van der Waals surface area contributed by atoms with Crippen LogP contribution in [0.5, 0.6) is 0 Å². The molecule has 0 radical (unpaired) electrons. The van der Waals surface area contributed by atoms with E-state index in [1.807, 2.05) is 11.0 Å². The number of amides is 1. The second kappa shape index (κ2) is 4.97. The summed E-state index contributed by atoms with van der Waals surface area (Å²) in [5.74, 6) is 0.321. The molecule has 1 saturated heterocycles. The monoisotopic (exact) mass is 258 g/mol. The summed E-state index contributed by atoms with van der Waals surface area (Å²) in [6.07, 6.45) is 4.07. The number of rotatable bonds is 1. The van der Waals surface area contributed by atoms with E-state index in [0.29, 0.717) is 5.91 Å². The minimum atomic E-state index is -0.185. The Hall–Kier alpha value is -1.35. The van der Waals surface area contributed by atoms with Crippen molar-refractivity contribution >= 4 is 11.6 Å². The van der Waals surface area contributed by atoms with Gasteiger partial charge in [-0.2, -0.15) is 0 Å². The van der Waals surface area contributed by atoms with Gasteiger partial charge in [0.1, 0.15) is 0 Å². The third-order valence-corrected chi connectivity index (χ3v) is 4.58. The molecular formula is C16H22N2O. The second-order valence-corrected chi connectivity index (χ2v) is 6.00. The number of carbonyl (C=O) groups excluding carboxylic acids is 1. The van der Waals surface area contributed by atoms with Gasteiger partial charge in [0.15, 0.2) is 0 Å². The lowest BCUT2D eigenvalue weighted by molar-refractivity contribution is -0.128. The fourth-order valence-electron chi connectivity index (χ4n) is 3.26. The van der Waals surface area contributed by atoms with Crippen LogP contribution >= 0.6 is 0 Å². The fourth-order valence-corrected chi connectivity index (χ4v) is 3.26. The number of carbonyl (C=O) groups is 1. The van der Waals surface area contributed by atoms with Crippen molar-refractivity contribution in [3.8, 4) is 0 Å². The van der Waals surface area contributed by atoms with Gasteiger partial charge in [0.2, 0.25) is 5.91 Å². The van der Waals surface area contributed by atoms with Gasteiger partial charge >= 0.3 is 0 Å². The molecule has 1 fully saturated rings. The SMILES string of the molecule is CC1(C(=O)N2CCCc3ccccc32)CCNCC1. The molecule has 2 aliphatic heterocycles. The quantitative estimate of drug-likeness (QED) is 0.838. The van der Waals surface area contributed by atoms with Crippen LogP contribution in [0.25, 0.3) is 0 Å². The van der Waals surface area contributed by atoms with Crippen molar-refractivity contribution in [2.75, 3.05) is 24.5 Å². The first kappa shape index (κ1) is 12.7. The van der Waals surface area contributed by atoms with E-state index in [1.165, 1.54) is 5.56 Å². The Morgan fingerprint density at radius 1 is 1.26 bits per heavy atom. The number of fused-ring (bicyclic) bond motifs is 1. The molecule has 19 heavy (non-hydrogen) atoms. The maximum absolute atomic E-state index is 12.9. The fraction of sp³-hybridized carbons (Fsp3) is 0.562. The summed E-state index contributed by atoms with van der Waals surface area (Å²) in [7, 11) is 0. The van der Waals surface area contributed by atoms with Crippen LogP contribution in [0.4, 0.5) is 5.69 Å². The summed E-state index contributed by atoms with van der Waals surface area (Å²) in [6.45, 7) is 4.92. The molecule has 1 aromatic carbocycles. The Morgan fingerprint density at radius 3 is 2.79 bits per heavy atom. The van der Waals surface area contributed by atoms with Crippen LogP contribution in [-0.4, -0.2) is 25.5 Å². The standard InChI is InChI=1S/C16H22N2O/c1-16(8-10-17-11-9-16)15(19)18-12-4-6-13-5-2-3-7-14(13)18/h2-3,5,7,17H,4,6,8-12H2,1H3. The van der Waals surface area contributed by atoms with E-state index in [1.54, 1.807) is 0 Å². The summed E-state index contributed by atoms with van der Waals surface area (Å²) >= 11 is 0. The zero-order chi connectivity index (χ0) is 13.3. The van der Waals surface area contributed by atoms with E-state index in [0.717, 1.165) is 51.0 Å². The van der Waals surface area contributed by atoms with Gasteiger partial charge in [-0.05, 0) is 50.4 Å². The highest BCUT2D eigenvalue weighted by atomic mass is 16.2. The lowest BCUT2D eigenvalue weighted by Gasteiger charge is -2.39. The van der Waals surface area contributed by atoms with Crippen molar-refractivity contribution in [3.05, 3.63) is 29.8 Å². The van der Waals surface area contributed by atoms with Crippen LogP contribution in [0, 0.1) is 5.41 Å². The van der Waals surface area contributed by atoms with Crippen LogP contribution in [0.2, 0.25) is 0 Å². The zero-order valence-electron chi connectivity index (χ0n) is 11.6. The van der Waals surface area contributed by atoms with Gasteiger partial charge in [0.25, 0.3) is 0 Å². The van der Waals surface area contributed by atoms with Crippen LogP contribution in [-0.2, 0) is 11.2 Å². The Kier molecular flexibility index (Phi) is 3.31. The first-order chi connectivity index (χ1) is 9.21. The average molecular weight is 258 g/mol. The summed E-state index contributed by atoms with van der Waals surface area (Å²) in [5, 5.41) is 3.35. The van der Waals surface area contributed by atoms with E-state index in [4.69, 9.17) is 0 Å². The smallest absolute Gasteiger partial charge is 0.233 e. The van der Waals surface area contributed by atoms with Gasteiger partial charge < -0.3 is 10.2 Å². The number of nitrogens with zero attached hydrogens (tertiary/aromatic N) is 1. The summed E-state index contributed by atoms with van der Waals surface area (Å²) < 4.78 is 0. The molecule has 3 heteroatoms. The predicted molar refractivity (Wildman–Crippen MR) is 77.3 cm³/mol. The summed E-state index contributed by atoms with van der Waals surface area (Å²) in [6, 6.07) is 8.35. The number of piperidine rings is 1. The molecule has 2 heterocycles. The number of para-hydroxylation sites is 1. The van der Waals surface area contributed by atoms with Crippen molar-refractivity contribution in [1.82, 2.24) is 5.32 Å². The van der Waals surface area contributed by atoms with E-state index in [9.17, 15) is 4.79 Å². The van der Waals surface area contributed by atoms with Crippen molar-refractivity contribution in [2.45, 2.75) is 32.6 Å². The van der Waals surface area contributed by atoms with E-state index >= 15 is 0 Å². The highest BCUT2D eigenvalue weighted by Gasteiger charge is 2.39. The predicted octanol–water partition coefficient (Wildman–Crippen LogP) is 2.36. The Labute approximate surface area is 115 Å². The average Bonchev–Trinajstić information content (AvgIpc) is 2.47. The minimum Gasteiger partial charge on any atom is -0.317 e. The number of anilines is 1. The lowest BCUT2D eigenvalue weighted by Crippen LogP contribution is -2.49. The summed E-state index contributed by atoms with van der Waals surface area (Å²) in [4.78, 5) is 15.0. The molecule has 102 valence electrons. The normalized spacial score (nSPS) is 21.8. The molecule has 1 aromatic rings. The van der Waals surface area contributed by atoms with Gasteiger partial charge in [-0.3, -0.25) is 4.79 Å². The Balaban J connectivity index is 1.88. The maximum Gasteiger partial charge on any atom is 0.233 e. The lowest BCUT2D eigenvalue weighted by atomic mass is 9.79. The third kappa shape index (κ3) is 2.27. The zero-order valence-corrected chi connectivity index (χ0v) is 11.6. The highest BCUT2D eigenvalue weighted by Crippen LogP contribution is 2.35. The number of hydrogen-bond acceptors (Lipinski definition) is 2. The second-order valence-electron chi connectivity index (χ2n) is 6.00. The van der Waals surface area contributed by atoms with Gasteiger partial charge in [-0.1, -0.05) is 25.1 Å². The van der Waals surface area contributed by atoms with Gasteiger partial charge in [0, 0.05) is 17.6 Å². The van der Waals surface area contributed by atoms with Crippen molar-refractivity contribution in [3.63, 3.8) is 0 Å². The molecular weight excluding hydrogens is 236 g/mol. The molecule has 3 rings (SSSR count). The molecule has 0 atom stereocenters. The molecule has 0 bridgehead atoms. The van der Waals surface area contributed by atoms with Gasteiger partial charge in [-0.15, -0.1) is 0 Å². The first-order valence-corrected chi connectivity index (χ1v) is 7.31. The number of hydrogen-bond donors (Lipinski definition) is 1. The van der Waals surface area contributed by atoms with Crippen molar-refractivity contribution in [1.29, 1.82) is 0 Å². The molecule has 0 unspecified atom stereocenters. The van der Waals surface area contributed by atoms with Crippen LogP contribution in [0.15, 0.2) is 24.3 Å². The molecule has 2 aliphatic rings. The highest BCUT2D eigenvalue weighted by molar-refractivity contribution is 5.98. The van der Waals surface area contributed by atoms with Gasteiger partial charge in [0.05, 0.1) is 0 Å². The third-order valence-electron chi connectivity index (χ3n) is 4.58. The van der Waals surface area contributed by atoms with Crippen LogP contribution in [0.1, 0.15) is 31.7 Å². The molecule has 3 nitrogen and oxygen atoms in total. The minimum absolute atomic E-state index is 0.185. The molecule has 0 aliphatic carbocycles. The van der Waals surface area contributed by atoms with E-state index < -0.39 is 0 Å². The number of benzene rings is 1. The molecule has 0 aromatic heterocycles. The van der Waals surface area contributed by atoms with E-state index in [2.05, 4.69) is 30.4 Å². The van der Waals surface area contributed by atoms with Crippen LogP contribution < -0.4 is 10.2 Å². The topological polar surface area (TPSA) is 32.3 Å². The molecule has 0 spiro atoms. The van der Waals surface area contributed by atoms with Gasteiger partial charge in [-0.25, -0.2) is 0 Å². The largest absolute Gasteiger partial charge is 0.317 e. The Bertz CT molecular complexity index is 477. The molecule has 1 amide bonds. The Morgan fingerprint density at radius 2 is 2.00 bits per heavy atom. The first-order valence-electron chi connectivity index (χ1n) is 7.31. The number of nitrogens with one attached hydrogen (secondary N) is 1. The number of aryl methyl sites for hydroxylation is 1. The van der Waals surface area contributed by atoms with Crippen LogP contribution in [0.3, 0.4) is 0 Å². The van der Waals surface area contributed by atoms with Crippen molar-refractivity contribution in [2.24, 2.45) is 5.41 Å². The van der Waals surface area contributed by atoms with E-state index in [-0.39, 0.29) is 5.41 Å². The molecule has 1 N–H and O–H groups in total. The summed E-state index contributed by atoms with van der Waals surface area (Å²) in [5.41, 5.74) is 2.27. The van der Waals surface area contributed by atoms with Crippen molar-refractivity contribution < 1.29 is 4.79 Å². The maximum atomic E-state index is 12.9.